The van der Waals surface area contributed by atoms with Crippen LogP contribution < -0.4 is 5.32 Å². The maximum atomic E-state index is 14.6. The van der Waals surface area contributed by atoms with Crippen LogP contribution in [0.4, 0.5) is 4.79 Å². The zero-order valence-electron chi connectivity index (χ0n) is 30.8. The van der Waals surface area contributed by atoms with Crippen LogP contribution in [0, 0.1) is 0 Å². The molecule has 10 heteroatoms. The number of hydrogen-bond donors (Lipinski definition) is 1. The first-order valence-electron chi connectivity index (χ1n) is 17.3. The molecule has 0 unspecified atom stereocenters. The molecule has 1 N–H and O–H groups in total. The number of carbonyl (C=O) groups is 4. The molecule has 0 spiro atoms. The number of nitrogens with zero attached hydrogens (tertiary/aromatic N) is 4. The molecule has 3 aromatic rings. The molecule has 0 bridgehead atoms. The van der Waals surface area contributed by atoms with E-state index >= 15 is 0 Å². The van der Waals surface area contributed by atoms with E-state index in [0.717, 1.165) is 41.2 Å². The molecule has 0 aromatic heterocycles. The molecule has 4 rings (SSSR count). The Hall–Kier alpha value is -4.70. The molecule has 50 heavy (non-hydrogen) atoms. The number of alkyl carbamates (subject to hydrolysis) is 1. The standard InChI is InChI=1S/C40H53N5O5/c1-39(2,3)50-38(49)41-40(24-15-25-40)23-14-20-35(46)43(6)33(28-30-21-22-31-18-12-13-19-32(31)26-30)36(47)44(7)34(37(48)45(8)42(4)5)27-29-16-10-9-11-17-29/h9-14,16-22,26,33-34H,15,23-25,27-28H2,1-8H3,(H,41,49)/b20-14+/t33-,34-/m1/s1. The molecule has 1 aliphatic carbocycles. The Labute approximate surface area is 297 Å². The minimum Gasteiger partial charge on any atom is -0.444 e. The molecule has 0 aliphatic heterocycles. The van der Waals surface area contributed by atoms with Crippen LogP contribution in [0.5, 0.6) is 0 Å². The van der Waals surface area contributed by atoms with Gasteiger partial charge >= 0.3 is 6.09 Å². The molecule has 10 nitrogen and oxygen atoms in total. The van der Waals surface area contributed by atoms with Gasteiger partial charge in [0.05, 0.1) is 0 Å². The van der Waals surface area contributed by atoms with Gasteiger partial charge in [0.1, 0.15) is 17.7 Å². The van der Waals surface area contributed by atoms with E-state index in [0.29, 0.717) is 12.8 Å². The molecule has 4 amide bonds. The number of carbonyl (C=O) groups excluding carboxylic acids is 4. The van der Waals surface area contributed by atoms with Gasteiger partial charge in [-0.25, -0.2) is 9.80 Å². The first kappa shape index (κ1) is 38.1. The van der Waals surface area contributed by atoms with E-state index in [1.165, 1.54) is 20.9 Å². The zero-order chi connectivity index (χ0) is 36.6. The van der Waals surface area contributed by atoms with Crippen molar-refractivity contribution in [3.63, 3.8) is 0 Å². The van der Waals surface area contributed by atoms with Crippen molar-refractivity contribution in [2.24, 2.45) is 0 Å². The summed E-state index contributed by atoms with van der Waals surface area (Å²) in [5.41, 5.74) is 0.726. The van der Waals surface area contributed by atoms with Crippen molar-refractivity contribution in [2.75, 3.05) is 35.2 Å². The predicted octanol–water partition coefficient (Wildman–Crippen LogP) is 5.61. The number of hydrogen-bond acceptors (Lipinski definition) is 6. The lowest BCUT2D eigenvalue weighted by Gasteiger charge is -2.42. The van der Waals surface area contributed by atoms with Gasteiger partial charge in [0, 0.05) is 53.6 Å². The van der Waals surface area contributed by atoms with Crippen LogP contribution in [0.25, 0.3) is 10.8 Å². The highest BCUT2D eigenvalue weighted by molar-refractivity contribution is 5.95. The summed E-state index contributed by atoms with van der Waals surface area (Å²) < 4.78 is 5.48. The molecular weight excluding hydrogens is 630 g/mol. The molecule has 1 saturated carbocycles. The Morgan fingerprint density at radius 1 is 0.780 bits per heavy atom. The third-order valence-electron chi connectivity index (χ3n) is 9.48. The van der Waals surface area contributed by atoms with Gasteiger partial charge in [-0.2, -0.15) is 0 Å². The van der Waals surface area contributed by atoms with Crippen molar-refractivity contribution in [3.8, 4) is 0 Å². The fourth-order valence-electron chi connectivity index (χ4n) is 6.17. The van der Waals surface area contributed by atoms with E-state index < -0.39 is 29.3 Å². The van der Waals surface area contributed by atoms with Gasteiger partial charge in [-0.3, -0.25) is 19.4 Å². The number of rotatable bonds is 13. The van der Waals surface area contributed by atoms with Crippen molar-refractivity contribution in [2.45, 2.75) is 82.5 Å². The maximum Gasteiger partial charge on any atom is 0.408 e. The van der Waals surface area contributed by atoms with Crippen LogP contribution in [-0.4, -0.2) is 102 Å². The van der Waals surface area contributed by atoms with Gasteiger partial charge < -0.3 is 19.9 Å². The Morgan fingerprint density at radius 3 is 1.98 bits per heavy atom. The summed E-state index contributed by atoms with van der Waals surface area (Å²) >= 11 is 0. The van der Waals surface area contributed by atoms with E-state index in [-0.39, 0.29) is 24.1 Å². The van der Waals surface area contributed by atoms with Crippen molar-refractivity contribution >= 4 is 34.6 Å². The van der Waals surface area contributed by atoms with Crippen LogP contribution in [0.15, 0.2) is 84.9 Å². The van der Waals surface area contributed by atoms with Gasteiger partial charge in [0.15, 0.2) is 0 Å². The molecule has 0 radical (unpaired) electrons. The number of nitrogens with one attached hydrogen (secondary N) is 1. The number of benzene rings is 3. The first-order chi connectivity index (χ1) is 23.6. The van der Waals surface area contributed by atoms with E-state index in [1.54, 1.807) is 46.3 Å². The molecule has 0 saturated heterocycles. The van der Waals surface area contributed by atoms with Crippen molar-refractivity contribution in [1.29, 1.82) is 0 Å². The van der Waals surface area contributed by atoms with E-state index in [2.05, 4.69) is 5.32 Å². The summed E-state index contributed by atoms with van der Waals surface area (Å²) in [6.45, 7) is 5.46. The molecular formula is C40H53N5O5. The third-order valence-corrected chi connectivity index (χ3v) is 9.48. The van der Waals surface area contributed by atoms with Gasteiger partial charge in [0.2, 0.25) is 11.8 Å². The lowest BCUT2D eigenvalue weighted by molar-refractivity contribution is -0.154. The number of amides is 4. The minimum absolute atomic E-state index is 0.240. The summed E-state index contributed by atoms with van der Waals surface area (Å²) in [6, 6.07) is 21.9. The molecule has 3 aromatic carbocycles. The van der Waals surface area contributed by atoms with Gasteiger partial charge in [0.25, 0.3) is 5.91 Å². The summed E-state index contributed by atoms with van der Waals surface area (Å²) in [4.78, 5) is 57.7. The highest BCUT2D eigenvalue weighted by Gasteiger charge is 2.39. The van der Waals surface area contributed by atoms with Crippen LogP contribution in [0.1, 0.15) is 57.6 Å². The quantitative estimate of drug-likeness (QED) is 0.186. The van der Waals surface area contributed by atoms with Crippen molar-refractivity contribution in [3.05, 3.63) is 96.1 Å². The Morgan fingerprint density at radius 2 is 1.38 bits per heavy atom. The Kier molecular flexibility index (Phi) is 12.5. The lowest BCUT2D eigenvalue weighted by Crippen LogP contribution is -2.57. The monoisotopic (exact) mass is 683 g/mol. The Bertz CT molecular complexity index is 1680. The molecule has 1 fully saturated rings. The predicted molar refractivity (Wildman–Crippen MR) is 197 cm³/mol. The van der Waals surface area contributed by atoms with Crippen molar-refractivity contribution < 1.29 is 23.9 Å². The SMILES string of the molecule is CN(C(=O)/C=C/CC1(NC(=O)OC(C)(C)C)CCC1)[C@H](Cc1ccc2ccccc2c1)C(=O)N(C)[C@H](Cc1ccccc1)C(=O)N(C)N(C)C. The molecule has 2 atom stereocenters. The maximum absolute atomic E-state index is 14.6. The molecule has 268 valence electrons. The van der Waals surface area contributed by atoms with Gasteiger partial charge in [-0.05, 0) is 74.4 Å². The highest BCUT2D eigenvalue weighted by Crippen LogP contribution is 2.35. The smallest absolute Gasteiger partial charge is 0.408 e. The van der Waals surface area contributed by atoms with E-state index in [4.69, 9.17) is 4.74 Å². The first-order valence-corrected chi connectivity index (χ1v) is 17.3. The van der Waals surface area contributed by atoms with Gasteiger partial charge in [-0.1, -0.05) is 78.9 Å². The minimum atomic E-state index is -0.897. The average molecular weight is 684 g/mol. The number of hydrazine groups is 1. The summed E-state index contributed by atoms with van der Waals surface area (Å²) in [7, 11) is 8.50. The summed E-state index contributed by atoms with van der Waals surface area (Å²) in [5.74, 6) is -0.928. The zero-order valence-corrected chi connectivity index (χ0v) is 30.8. The second kappa shape index (κ2) is 16.3. The summed E-state index contributed by atoms with van der Waals surface area (Å²) in [5, 5.41) is 8.30. The second-order valence-corrected chi connectivity index (χ2v) is 14.6. The van der Waals surface area contributed by atoms with Crippen LogP contribution >= 0.6 is 0 Å². The van der Waals surface area contributed by atoms with Crippen LogP contribution in [-0.2, 0) is 32.0 Å². The highest BCUT2D eigenvalue weighted by atomic mass is 16.6. The number of fused-ring (bicyclic) bond motifs is 1. The van der Waals surface area contributed by atoms with E-state index in [9.17, 15) is 19.2 Å². The largest absolute Gasteiger partial charge is 0.444 e. The third kappa shape index (κ3) is 9.94. The second-order valence-electron chi connectivity index (χ2n) is 14.6. The van der Waals surface area contributed by atoms with Crippen molar-refractivity contribution in [1.82, 2.24) is 25.1 Å². The number of ether oxygens (including phenoxy) is 1. The molecule has 1 aliphatic rings. The number of likely N-dealkylation sites (N-methyl/N-ethyl adjacent to an activating group) is 3. The topological polar surface area (TPSA) is 102 Å². The average Bonchev–Trinajstić information content (AvgIpc) is 3.06. The fourth-order valence-corrected chi connectivity index (χ4v) is 6.17. The Balaban J connectivity index is 1.60. The molecule has 0 heterocycles. The lowest BCUT2D eigenvalue weighted by atomic mass is 9.74. The van der Waals surface area contributed by atoms with Gasteiger partial charge in [-0.15, -0.1) is 0 Å². The normalized spacial score (nSPS) is 15.2. The summed E-state index contributed by atoms with van der Waals surface area (Å²) in [6.07, 6.45) is 6.33. The van der Waals surface area contributed by atoms with E-state index in [1.807, 2.05) is 93.6 Å². The van der Waals surface area contributed by atoms with Crippen LogP contribution in [0.2, 0.25) is 0 Å². The fraction of sp³-hybridized carbons (Fsp3) is 0.450. The van der Waals surface area contributed by atoms with Crippen LogP contribution in [0.3, 0.4) is 0 Å².